The van der Waals surface area contributed by atoms with E-state index >= 15 is 0 Å². The molecule has 4 amide bonds. The van der Waals surface area contributed by atoms with Crippen LogP contribution in [-0.4, -0.2) is 85.8 Å². The third kappa shape index (κ3) is 10.9. The SMILES string of the molecule is C=CCC(NC(=O)[C@@H]1CCCN1C(=O)[C@@H](NC(=O)OCC(C)(C)CCCc1cc2c(=O)cc(-c3ccccc3)[nH]c2cc1OC)C1CCCC1)C(=O)NS(=O)(=O)C1CC1. The van der Waals surface area contributed by atoms with Crippen LogP contribution in [0.2, 0.25) is 0 Å². The summed E-state index contributed by atoms with van der Waals surface area (Å²) in [6, 6.07) is 12.0. The summed E-state index contributed by atoms with van der Waals surface area (Å²) in [5.41, 5.74) is 2.74. The van der Waals surface area contributed by atoms with Crippen molar-refractivity contribution < 1.29 is 37.1 Å². The molecule has 6 rings (SSSR count). The van der Waals surface area contributed by atoms with Crippen LogP contribution in [0.15, 0.2) is 66.0 Å². The number of carbonyl (C=O) groups is 4. The van der Waals surface area contributed by atoms with E-state index < -0.39 is 56.7 Å². The first-order valence-electron chi connectivity index (χ1n) is 20.7. The molecule has 1 saturated heterocycles. The van der Waals surface area contributed by atoms with Crippen LogP contribution >= 0.6 is 0 Å². The maximum Gasteiger partial charge on any atom is 0.407 e. The first-order valence-corrected chi connectivity index (χ1v) is 22.2. The van der Waals surface area contributed by atoms with Gasteiger partial charge in [-0.2, -0.15) is 0 Å². The van der Waals surface area contributed by atoms with E-state index in [4.69, 9.17) is 9.47 Å². The Balaban J connectivity index is 1.04. The summed E-state index contributed by atoms with van der Waals surface area (Å²) in [6.45, 7) is 8.04. The Morgan fingerprint density at radius 1 is 1.00 bits per heavy atom. The predicted octanol–water partition coefficient (Wildman–Crippen LogP) is 5.50. The summed E-state index contributed by atoms with van der Waals surface area (Å²) in [4.78, 5) is 72.1. The number of benzene rings is 2. The van der Waals surface area contributed by atoms with E-state index in [2.05, 4.69) is 26.9 Å². The van der Waals surface area contributed by atoms with Crippen molar-refractivity contribution in [1.82, 2.24) is 25.2 Å². The van der Waals surface area contributed by atoms with Gasteiger partial charge in [-0.05, 0) is 92.7 Å². The second-order valence-corrected chi connectivity index (χ2v) is 18.8. The van der Waals surface area contributed by atoms with Crippen molar-refractivity contribution in [3.8, 4) is 17.0 Å². The highest BCUT2D eigenvalue weighted by molar-refractivity contribution is 7.90. The van der Waals surface area contributed by atoms with E-state index in [1.807, 2.05) is 56.3 Å². The topological polar surface area (TPSA) is 193 Å². The van der Waals surface area contributed by atoms with Crippen molar-refractivity contribution in [1.29, 1.82) is 0 Å². The number of amides is 4. The number of likely N-dealkylation sites (tertiary alicyclic amines) is 1. The number of sulfonamides is 1. The second-order valence-electron chi connectivity index (χ2n) is 16.9. The largest absolute Gasteiger partial charge is 0.496 e. The minimum absolute atomic E-state index is 0.00188. The van der Waals surface area contributed by atoms with Crippen LogP contribution in [-0.2, 0) is 35.6 Å². The van der Waals surface area contributed by atoms with Gasteiger partial charge in [0.1, 0.15) is 23.9 Å². The molecule has 0 radical (unpaired) electrons. The number of carbonyl (C=O) groups excluding carboxylic acids is 4. The molecule has 3 aliphatic rings. The summed E-state index contributed by atoms with van der Waals surface area (Å²) in [6.07, 6.45) is 7.93. The Labute approximate surface area is 345 Å². The highest BCUT2D eigenvalue weighted by Crippen LogP contribution is 2.32. The van der Waals surface area contributed by atoms with Crippen molar-refractivity contribution >= 4 is 44.7 Å². The molecular weight excluding hydrogens is 775 g/mol. The lowest BCUT2D eigenvalue weighted by Gasteiger charge is -2.32. The number of H-pyrrole nitrogens is 1. The number of alkyl carbamates (subject to hydrolysis) is 1. The van der Waals surface area contributed by atoms with Gasteiger partial charge in [0.15, 0.2) is 5.43 Å². The van der Waals surface area contributed by atoms with Gasteiger partial charge in [0.25, 0.3) is 5.91 Å². The summed E-state index contributed by atoms with van der Waals surface area (Å²) in [5.74, 6) is -1.25. The molecule has 318 valence electrons. The van der Waals surface area contributed by atoms with Gasteiger partial charge in [0.05, 0.1) is 24.5 Å². The van der Waals surface area contributed by atoms with Crippen LogP contribution in [0.3, 0.4) is 0 Å². The van der Waals surface area contributed by atoms with Crippen LogP contribution in [0.25, 0.3) is 22.2 Å². The molecule has 2 heterocycles. The van der Waals surface area contributed by atoms with Crippen LogP contribution in [0, 0.1) is 11.3 Å². The molecule has 0 bridgehead atoms. The Kier molecular flexibility index (Phi) is 13.8. The number of ether oxygens (including phenoxy) is 2. The Morgan fingerprint density at radius 3 is 2.41 bits per heavy atom. The van der Waals surface area contributed by atoms with E-state index in [1.54, 1.807) is 13.2 Å². The number of aryl methyl sites for hydroxylation is 1. The number of rotatable bonds is 18. The summed E-state index contributed by atoms with van der Waals surface area (Å²) >= 11 is 0. The number of hydrogen-bond acceptors (Lipinski definition) is 9. The molecule has 14 nitrogen and oxygen atoms in total. The molecule has 1 aliphatic heterocycles. The summed E-state index contributed by atoms with van der Waals surface area (Å²) in [5, 5.41) is 5.46. The van der Waals surface area contributed by atoms with Gasteiger partial charge in [-0.15, -0.1) is 6.58 Å². The maximum atomic E-state index is 14.2. The van der Waals surface area contributed by atoms with Crippen molar-refractivity contribution in [2.75, 3.05) is 20.3 Å². The van der Waals surface area contributed by atoms with Crippen molar-refractivity contribution in [2.24, 2.45) is 11.3 Å². The zero-order valence-corrected chi connectivity index (χ0v) is 35.0. The number of methoxy groups -OCH3 is 1. The third-order valence-electron chi connectivity index (χ3n) is 11.7. The van der Waals surface area contributed by atoms with Gasteiger partial charge in [0.2, 0.25) is 21.8 Å². The standard InChI is InChI=1S/C44H57N5O9S/c1-5-13-33(40(51)48-59(55,56)31-20-21-31)46-41(52)36-19-12-23-49(36)42(53)39(29-16-9-10-17-29)47-43(54)58-27-44(2,3)22-11-18-30-24-32-35(26-38(30)57-4)45-34(25-37(32)50)28-14-7-6-8-15-28/h5-8,14-15,24-26,29,31,33,36,39H,1,9-13,16-23,27H2,2-4H3,(H,45,50)(H,46,52)(H,47,54)(H,48,51)/t33?,36-,39-/m0/s1. The molecule has 1 aromatic heterocycles. The number of aromatic nitrogens is 1. The smallest absolute Gasteiger partial charge is 0.407 e. The molecule has 2 aliphatic carbocycles. The fourth-order valence-corrected chi connectivity index (χ4v) is 9.58. The number of pyridine rings is 1. The Morgan fingerprint density at radius 2 is 1.73 bits per heavy atom. The summed E-state index contributed by atoms with van der Waals surface area (Å²) < 4.78 is 38.4. The van der Waals surface area contributed by atoms with Crippen molar-refractivity contribution in [3.05, 3.63) is 77.0 Å². The molecule has 4 N–H and O–H groups in total. The number of aromatic amines is 1. The van der Waals surface area contributed by atoms with Crippen molar-refractivity contribution in [3.63, 3.8) is 0 Å². The lowest BCUT2D eigenvalue weighted by molar-refractivity contribution is -0.141. The van der Waals surface area contributed by atoms with Crippen LogP contribution < -0.4 is 25.5 Å². The van der Waals surface area contributed by atoms with Gasteiger partial charge >= 0.3 is 6.09 Å². The molecule has 3 atom stereocenters. The van der Waals surface area contributed by atoms with E-state index in [0.717, 1.165) is 48.9 Å². The highest BCUT2D eigenvalue weighted by Gasteiger charge is 2.43. The lowest BCUT2D eigenvalue weighted by Crippen LogP contribution is -2.57. The quantitative estimate of drug-likeness (QED) is 0.120. The fourth-order valence-electron chi connectivity index (χ4n) is 8.23. The van der Waals surface area contributed by atoms with Gasteiger partial charge in [0, 0.05) is 29.8 Å². The zero-order chi connectivity index (χ0) is 42.3. The highest BCUT2D eigenvalue weighted by atomic mass is 32.2. The van der Waals surface area contributed by atoms with Gasteiger partial charge in [-0.3, -0.25) is 23.9 Å². The average molecular weight is 832 g/mol. The molecule has 2 aromatic carbocycles. The van der Waals surface area contributed by atoms with Gasteiger partial charge < -0.3 is 30.0 Å². The predicted molar refractivity (Wildman–Crippen MR) is 225 cm³/mol. The molecule has 15 heteroatoms. The zero-order valence-electron chi connectivity index (χ0n) is 34.2. The number of hydrogen-bond donors (Lipinski definition) is 4. The molecule has 1 unspecified atom stereocenters. The average Bonchev–Trinajstić information content (AvgIpc) is 3.73. The monoisotopic (exact) mass is 831 g/mol. The van der Waals surface area contributed by atoms with E-state index in [-0.39, 0.29) is 30.3 Å². The lowest BCUT2D eigenvalue weighted by atomic mass is 9.87. The van der Waals surface area contributed by atoms with E-state index in [0.29, 0.717) is 61.7 Å². The number of nitrogens with one attached hydrogen (secondary N) is 4. The first kappa shape index (κ1) is 43.4. The minimum atomic E-state index is -3.83. The van der Waals surface area contributed by atoms with Gasteiger partial charge in [-0.1, -0.05) is 63.1 Å². The minimum Gasteiger partial charge on any atom is -0.496 e. The third-order valence-corrected chi connectivity index (χ3v) is 13.5. The normalized spacial score (nSPS) is 18.2. The number of nitrogens with zero attached hydrogens (tertiary/aromatic N) is 1. The van der Waals surface area contributed by atoms with Crippen LogP contribution in [0.5, 0.6) is 5.75 Å². The summed E-state index contributed by atoms with van der Waals surface area (Å²) in [7, 11) is -2.22. The number of fused-ring (bicyclic) bond motifs is 1. The first-order chi connectivity index (χ1) is 28.2. The van der Waals surface area contributed by atoms with Crippen LogP contribution in [0.4, 0.5) is 4.79 Å². The Hall–Kier alpha value is -5.18. The van der Waals surface area contributed by atoms with E-state index in [9.17, 15) is 32.4 Å². The van der Waals surface area contributed by atoms with Crippen LogP contribution in [0.1, 0.15) is 90.0 Å². The molecule has 3 aromatic rings. The van der Waals surface area contributed by atoms with Gasteiger partial charge in [-0.25, -0.2) is 13.2 Å². The van der Waals surface area contributed by atoms with Crippen molar-refractivity contribution in [2.45, 2.75) is 114 Å². The Bertz CT molecular complexity index is 2200. The molecule has 2 saturated carbocycles. The molecule has 59 heavy (non-hydrogen) atoms. The maximum absolute atomic E-state index is 14.2. The second kappa shape index (κ2) is 18.8. The molecule has 0 spiro atoms. The molecular formula is C44H57N5O9S. The molecule has 3 fully saturated rings. The van der Waals surface area contributed by atoms with E-state index in [1.165, 1.54) is 11.0 Å². The fraction of sp³-hybridized carbons (Fsp3) is 0.523.